The lowest BCUT2D eigenvalue weighted by molar-refractivity contribution is -0.126. The van der Waals surface area contributed by atoms with Gasteiger partial charge in [-0.2, -0.15) is 4.98 Å². The Labute approximate surface area is 239 Å². The summed E-state index contributed by atoms with van der Waals surface area (Å²) in [5, 5.41) is 6.64. The number of likely N-dealkylation sites (N-methyl/N-ethyl adjacent to an activating group) is 1. The second kappa shape index (κ2) is 12.2. The van der Waals surface area contributed by atoms with Crippen molar-refractivity contribution < 1.29 is 18.5 Å². The number of anilines is 1. The van der Waals surface area contributed by atoms with Gasteiger partial charge in [0.1, 0.15) is 6.67 Å². The fraction of sp³-hybridized carbons (Fsp3) is 0.433. The molecule has 1 saturated heterocycles. The van der Waals surface area contributed by atoms with Crippen LogP contribution in [-0.4, -0.2) is 90.2 Å². The third-order valence-electron chi connectivity index (χ3n) is 7.76. The number of carbonyl (C=O) groups excluding carboxylic acids is 2. The van der Waals surface area contributed by atoms with Crippen LogP contribution in [-0.2, 0) is 16.8 Å². The normalized spacial score (nSPS) is 16.4. The van der Waals surface area contributed by atoms with Crippen LogP contribution in [0.2, 0.25) is 0 Å². The van der Waals surface area contributed by atoms with E-state index in [1.807, 2.05) is 61.3 Å². The fourth-order valence-corrected chi connectivity index (χ4v) is 4.93. The Morgan fingerprint density at radius 3 is 2.63 bits per heavy atom. The Hall–Kier alpha value is -4.12. The van der Waals surface area contributed by atoms with E-state index in [2.05, 4.69) is 31.4 Å². The number of rotatable bonds is 10. The average Bonchev–Trinajstić information content (AvgIpc) is 3.63. The molecule has 2 aliphatic rings. The number of amides is 2. The lowest BCUT2D eigenvalue weighted by atomic mass is 9.99. The van der Waals surface area contributed by atoms with Crippen LogP contribution in [0.25, 0.3) is 11.1 Å². The summed E-state index contributed by atoms with van der Waals surface area (Å²) in [5.74, 6) is -0.322. The predicted octanol–water partition coefficient (Wildman–Crippen LogP) is 3.14. The van der Waals surface area contributed by atoms with Crippen molar-refractivity contribution in [3.05, 3.63) is 71.7 Å². The molecule has 2 fully saturated rings. The SMILES string of the molecule is Cc1cc(-c2ccncc2N2CCN(C(=O)C=CCN(C)C)CC2)ccc1CNC(=O)c1nc(C2(CF)CC2)no1. The average molecular weight is 562 g/mol. The zero-order valence-electron chi connectivity index (χ0n) is 23.8. The maximum absolute atomic E-state index is 13.3. The Kier molecular flexibility index (Phi) is 8.44. The van der Waals surface area contributed by atoms with Gasteiger partial charge in [0, 0.05) is 57.1 Å². The number of carbonyl (C=O) groups is 2. The van der Waals surface area contributed by atoms with Crippen LogP contribution in [0.3, 0.4) is 0 Å². The molecule has 1 aliphatic carbocycles. The molecule has 1 aromatic carbocycles. The minimum absolute atomic E-state index is 0.0438. The van der Waals surface area contributed by atoms with Crippen LogP contribution in [0.5, 0.6) is 0 Å². The van der Waals surface area contributed by atoms with Crippen molar-refractivity contribution in [3.8, 4) is 11.1 Å². The van der Waals surface area contributed by atoms with E-state index in [0.717, 1.165) is 47.6 Å². The number of aryl methyl sites for hydroxylation is 1. The van der Waals surface area contributed by atoms with Gasteiger partial charge in [0.25, 0.3) is 0 Å². The number of piperazine rings is 1. The first kappa shape index (κ1) is 28.4. The lowest BCUT2D eigenvalue weighted by Gasteiger charge is -2.36. The second-order valence-corrected chi connectivity index (χ2v) is 11.0. The van der Waals surface area contributed by atoms with Crippen LogP contribution in [0.1, 0.15) is 40.5 Å². The minimum Gasteiger partial charge on any atom is -0.366 e. The van der Waals surface area contributed by atoms with Gasteiger partial charge in [-0.25, -0.2) is 4.39 Å². The van der Waals surface area contributed by atoms with Crippen molar-refractivity contribution in [1.29, 1.82) is 0 Å². The first-order chi connectivity index (χ1) is 19.8. The van der Waals surface area contributed by atoms with Crippen LogP contribution in [0.4, 0.5) is 10.1 Å². The minimum atomic E-state index is -0.672. The maximum atomic E-state index is 13.3. The lowest BCUT2D eigenvalue weighted by Crippen LogP contribution is -2.48. The molecule has 0 unspecified atom stereocenters. The van der Waals surface area contributed by atoms with Gasteiger partial charge in [-0.3, -0.25) is 14.6 Å². The molecule has 1 aliphatic heterocycles. The van der Waals surface area contributed by atoms with Crippen molar-refractivity contribution in [2.75, 3.05) is 58.4 Å². The summed E-state index contributed by atoms with van der Waals surface area (Å²) in [6.07, 6.45) is 8.54. The van der Waals surface area contributed by atoms with Gasteiger partial charge in [0.15, 0.2) is 5.82 Å². The Morgan fingerprint density at radius 2 is 1.95 bits per heavy atom. The van der Waals surface area contributed by atoms with E-state index in [-0.39, 0.29) is 17.6 Å². The van der Waals surface area contributed by atoms with Crippen molar-refractivity contribution >= 4 is 17.5 Å². The van der Waals surface area contributed by atoms with E-state index in [4.69, 9.17) is 4.52 Å². The summed E-state index contributed by atoms with van der Waals surface area (Å²) in [7, 11) is 3.94. The molecule has 0 spiro atoms. The van der Waals surface area contributed by atoms with Gasteiger partial charge in [-0.05, 0) is 56.6 Å². The van der Waals surface area contributed by atoms with Gasteiger partial charge in [-0.1, -0.05) is 29.4 Å². The maximum Gasteiger partial charge on any atom is 0.315 e. The zero-order chi connectivity index (χ0) is 29.0. The number of pyridine rings is 1. The van der Waals surface area contributed by atoms with E-state index >= 15 is 0 Å². The van der Waals surface area contributed by atoms with Crippen molar-refractivity contribution in [1.82, 2.24) is 30.2 Å². The molecular weight excluding hydrogens is 525 g/mol. The Morgan fingerprint density at radius 1 is 1.17 bits per heavy atom. The highest BCUT2D eigenvalue weighted by atomic mass is 19.1. The summed E-state index contributed by atoms with van der Waals surface area (Å²) < 4.78 is 18.4. The number of nitrogens with one attached hydrogen (secondary N) is 1. The van der Waals surface area contributed by atoms with E-state index in [0.29, 0.717) is 32.5 Å². The number of benzene rings is 1. The topological polar surface area (TPSA) is 108 Å². The highest BCUT2D eigenvalue weighted by molar-refractivity contribution is 5.89. The van der Waals surface area contributed by atoms with E-state index in [9.17, 15) is 14.0 Å². The number of halogens is 1. The highest BCUT2D eigenvalue weighted by Crippen LogP contribution is 2.47. The van der Waals surface area contributed by atoms with Gasteiger partial charge < -0.3 is 24.5 Å². The molecule has 10 nitrogen and oxygen atoms in total. The largest absolute Gasteiger partial charge is 0.366 e. The van der Waals surface area contributed by atoms with E-state index in [1.165, 1.54) is 0 Å². The van der Waals surface area contributed by atoms with Crippen LogP contribution in [0, 0.1) is 6.92 Å². The molecule has 11 heteroatoms. The third kappa shape index (κ3) is 6.45. The van der Waals surface area contributed by atoms with Crippen molar-refractivity contribution in [2.45, 2.75) is 31.7 Å². The summed E-state index contributed by atoms with van der Waals surface area (Å²) in [4.78, 5) is 39.8. The van der Waals surface area contributed by atoms with Gasteiger partial charge >= 0.3 is 11.8 Å². The summed E-state index contributed by atoms with van der Waals surface area (Å²) in [6.45, 7) is 5.21. The molecule has 1 N–H and O–H groups in total. The molecule has 3 aromatic rings. The molecule has 0 bridgehead atoms. The van der Waals surface area contributed by atoms with E-state index in [1.54, 1.807) is 12.3 Å². The third-order valence-corrected chi connectivity index (χ3v) is 7.76. The summed E-state index contributed by atoms with van der Waals surface area (Å²) >= 11 is 0. The molecular formula is C30H36FN7O3. The monoisotopic (exact) mass is 561 g/mol. The molecule has 5 rings (SSSR count). The molecule has 1 saturated carbocycles. The molecule has 0 radical (unpaired) electrons. The first-order valence-corrected chi connectivity index (χ1v) is 13.9. The molecule has 3 heterocycles. The highest BCUT2D eigenvalue weighted by Gasteiger charge is 2.49. The Bertz CT molecular complexity index is 1420. The fourth-order valence-electron chi connectivity index (χ4n) is 4.93. The standard InChI is InChI=1S/C30H36FN7O3/c1-21-17-22(6-7-23(21)18-33-27(40)28-34-29(35-41-28)30(20-31)9-10-30)24-8-11-32-19-25(24)37-13-15-38(16-14-37)26(39)5-4-12-36(2)3/h4-8,11,17,19H,9-10,12-16,18,20H2,1-3H3,(H,33,40). The number of hydrogen-bond donors (Lipinski definition) is 1. The van der Waals surface area contributed by atoms with E-state index < -0.39 is 18.0 Å². The molecule has 0 atom stereocenters. The Balaban J connectivity index is 1.21. The van der Waals surface area contributed by atoms with Crippen LogP contribution >= 0.6 is 0 Å². The second-order valence-electron chi connectivity index (χ2n) is 11.0. The molecule has 41 heavy (non-hydrogen) atoms. The molecule has 216 valence electrons. The summed E-state index contributed by atoms with van der Waals surface area (Å²) in [5.41, 5.74) is 4.43. The van der Waals surface area contributed by atoms with Crippen LogP contribution < -0.4 is 10.2 Å². The number of nitrogens with zero attached hydrogens (tertiary/aromatic N) is 6. The molecule has 2 aromatic heterocycles. The smallest absolute Gasteiger partial charge is 0.315 e. The molecule has 2 amide bonds. The van der Waals surface area contributed by atoms with Crippen LogP contribution in [0.15, 0.2) is 53.3 Å². The number of hydrogen-bond acceptors (Lipinski definition) is 8. The first-order valence-electron chi connectivity index (χ1n) is 13.9. The quantitative estimate of drug-likeness (QED) is 0.376. The predicted molar refractivity (Wildman–Crippen MR) is 153 cm³/mol. The number of alkyl halides is 1. The zero-order valence-corrected chi connectivity index (χ0v) is 23.8. The van der Waals surface area contributed by atoms with Gasteiger partial charge in [0.05, 0.1) is 17.3 Å². The van der Waals surface area contributed by atoms with Crippen molar-refractivity contribution in [2.24, 2.45) is 0 Å². The summed E-state index contributed by atoms with van der Waals surface area (Å²) in [6, 6.07) is 8.13. The van der Waals surface area contributed by atoms with Crippen molar-refractivity contribution in [3.63, 3.8) is 0 Å². The number of aromatic nitrogens is 3. The van der Waals surface area contributed by atoms with Gasteiger partial charge in [-0.15, -0.1) is 0 Å². The van der Waals surface area contributed by atoms with Gasteiger partial charge in [0.2, 0.25) is 5.91 Å².